The minimum atomic E-state index is -0.410. The van der Waals surface area contributed by atoms with Crippen molar-refractivity contribution in [1.82, 2.24) is 5.43 Å². The number of nitrogens with zero attached hydrogens (tertiary/aromatic N) is 2. The van der Waals surface area contributed by atoms with E-state index in [9.17, 15) is 4.79 Å². The van der Waals surface area contributed by atoms with Gasteiger partial charge in [-0.2, -0.15) is 10.4 Å². The molecular formula is C12H11N3O. The summed E-state index contributed by atoms with van der Waals surface area (Å²) in [7, 11) is 0. The van der Waals surface area contributed by atoms with Crippen molar-refractivity contribution in [2.45, 2.75) is 6.42 Å². The first kappa shape index (κ1) is 11.7. The molecule has 0 saturated carbocycles. The largest absolute Gasteiger partial charge is 0.272 e. The van der Waals surface area contributed by atoms with E-state index in [0.717, 1.165) is 5.56 Å². The Hall–Kier alpha value is -2.41. The highest BCUT2D eigenvalue weighted by Crippen LogP contribution is 1.99. The summed E-state index contributed by atoms with van der Waals surface area (Å²) in [6.45, 7) is 0. The highest BCUT2D eigenvalue weighted by molar-refractivity contribution is 5.82. The van der Waals surface area contributed by atoms with Gasteiger partial charge in [-0.25, -0.2) is 5.43 Å². The molecule has 0 aliphatic carbocycles. The molecule has 0 fully saturated rings. The van der Waals surface area contributed by atoms with E-state index >= 15 is 0 Å². The summed E-state index contributed by atoms with van der Waals surface area (Å²) in [6.07, 6.45) is 4.85. The number of rotatable bonds is 4. The van der Waals surface area contributed by atoms with Crippen LogP contribution in [-0.2, 0) is 4.79 Å². The number of benzene rings is 1. The maximum Gasteiger partial charge on any atom is 0.254 e. The van der Waals surface area contributed by atoms with E-state index in [-0.39, 0.29) is 6.42 Å². The van der Waals surface area contributed by atoms with E-state index in [1.165, 1.54) is 6.21 Å². The zero-order valence-corrected chi connectivity index (χ0v) is 8.63. The Labute approximate surface area is 93.9 Å². The summed E-state index contributed by atoms with van der Waals surface area (Å²) in [5.41, 5.74) is 3.28. The molecule has 0 atom stereocenters. The molecule has 80 valence electrons. The number of nitrogens with one attached hydrogen (secondary N) is 1. The lowest BCUT2D eigenvalue weighted by Crippen LogP contribution is -2.15. The van der Waals surface area contributed by atoms with Crippen LogP contribution in [0, 0.1) is 11.3 Å². The Bertz CT molecular complexity index is 429. The Morgan fingerprint density at radius 2 is 2.19 bits per heavy atom. The summed E-state index contributed by atoms with van der Waals surface area (Å²) < 4.78 is 0. The Balaban J connectivity index is 2.35. The normalized spacial score (nSPS) is 10.4. The van der Waals surface area contributed by atoms with Crippen LogP contribution in [0.15, 0.2) is 41.5 Å². The molecule has 0 unspecified atom stereocenters. The molecule has 0 aliphatic heterocycles. The highest BCUT2D eigenvalue weighted by atomic mass is 16.2. The zero-order chi connectivity index (χ0) is 11.6. The summed E-state index contributed by atoms with van der Waals surface area (Å²) in [4.78, 5) is 10.8. The quantitative estimate of drug-likeness (QED) is 0.611. The van der Waals surface area contributed by atoms with E-state index in [4.69, 9.17) is 5.26 Å². The van der Waals surface area contributed by atoms with Crippen LogP contribution in [0.3, 0.4) is 0 Å². The third kappa shape index (κ3) is 4.72. The summed E-state index contributed by atoms with van der Waals surface area (Å²) in [6, 6.07) is 11.5. The van der Waals surface area contributed by atoms with Crippen LogP contribution in [0.2, 0.25) is 0 Å². The number of carbonyl (C=O) groups excluding carboxylic acids is 1. The molecule has 1 aromatic carbocycles. The molecule has 0 aliphatic rings. The third-order valence-electron chi connectivity index (χ3n) is 1.68. The van der Waals surface area contributed by atoms with Gasteiger partial charge in [0.2, 0.25) is 0 Å². The van der Waals surface area contributed by atoms with Crippen molar-refractivity contribution in [3.63, 3.8) is 0 Å². The molecule has 0 radical (unpaired) electrons. The van der Waals surface area contributed by atoms with Crippen molar-refractivity contribution in [3.05, 3.63) is 42.0 Å². The number of allylic oxidation sites excluding steroid dienone is 1. The lowest BCUT2D eigenvalue weighted by atomic mass is 10.2. The van der Waals surface area contributed by atoms with Gasteiger partial charge in [0, 0.05) is 6.21 Å². The fraction of sp³-hybridized carbons (Fsp3) is 0.0833. The summed E-state index contributed by atoms with van der Waals surface area (Å²) in [5.74, 6) is -0.410. The van der Waals surface area contributed by atoms with Crippen molar-refractivity contribution >= 4 is 18.2 Å². The molecule has 1 rings (SSSR count). The minimum absolute atomic E-state index is 0.181. The van der Waals surface area contributed by atoms with Crippen LogP contribution in [0.25, 0.3) is 6.08 Å². The van der Waals surface area contributed by atoms with Crippen molar-refractivity contribution < 1.29 is 4.79 Å². The predicted octanol–water partition coefficient (Wildman–Crippen LogP) is 1.72. The number of hydrogen-bond donors (Lipinski definition) is 1. The fourth-order valence-corrected chi connectivity index (χ4v) is 0.982. The number of hydrazone groups is 1. The van der Waals surface area contributed by atoms with Gasteiger partial charge in [-0.1, -0.05) is 36.4 Å². The first-order valence-corrected chi connectivity index (χ1v) is 4.73. The van der Waals surface area contributed by atoms with Crippen molar-refractivity contribution in [2.24, 2.45) is 5.10 Å². The van der Waals surface area contributed by atoms with Gasteiger partial charge in [-0.05, 0) is 11.6 Å². The molecule has 0 aromatic heterocycles. The van der Waals surface area contributed by atoms with E-state index in [1.54, 1.807) is 12.1 Å². The Morgan fingerprint density at radius 3 is 2.88 bits per heavy atom. The lowest BCUT2D eigenvalue weighted by Gasteiger charge is -1.91. The second-order valence-electron chi connectivity index (χ2n) is 2.92. The molecule has 4 heteroatoms. The number of nitriles is 1. The lowest BCUT2D eigenvalue weighted by molar-refractivity contribution is -0.120. The van der Waals surface area contributed by atoms with Gasteiger partial charge in [0.1, 0.15) is 6.42 Å². The minimum Gasteiger partial charge on any atom is -0.272 e. The molecule has 1 aromatic rings. The molecule has 0 spiro atoms. The van der Waals surface area contributed by atoms with E-state index in [1.807, 2.05) is 36.4 Å². The fourth-order valence-electron chi connectivity index (χ4n) is 0.982. The first-order valence-electron chi connectivity index (χ1n) is 4.73. The van der Waals surface area contributed by atoms with Gasteiger partial charge in [0.15, 0.2) is 0 Å². The Morgan fingerprint density at radius 1 is 1.44 bits per heavy atom. The van der Waals surface area contributed by atoms with Crippen LogP contribution < -0.4 is 5.43 Å². The van der Waals surface area contributed by atoms with Crippen LogP contribution in [0.4, 0.5) is 0 Å². The number of amides is 1. The van der Waals surface area contributed by atoms with E-state index in [0.29, 0.717) is 0 Å². The molecule has 16 heavy (non-hydrogen) atoms. The smallest absolute Gasteiger partial charge is 0.254 e. The van der Waals surface area contributed by atoms with Crippen LogP contribution in [0.1, 0.15) is 12.0 Å². The molecule has 1 amide bonds. The Kier molecular flexibility index (Phi) is 5.07. The van der Waals surface area contributed by atoms with Gasteiger partial charge in [0.25, 0.3) is 5.91 Å². The maximum absolute atomic E-state index is 10.8. The number of hydrogen-bond acceptors (Lipinski definition) is 3. The van der Waals surface area contributed by atoms with Gasteiger partial charge < -0.3 is 0 Å². The molecule has 0 bridgehead atoms. The molecule has 0 heterocycles. The van der Waals surface area contributed by atoms with Gasteiger partial charge in [-0.15, -0.1) is 0 Å². The predicted molar refractivity (Wildman–Crippen MR) is 62.3 cm³/mol. The van der Waals surface area contributed by atoms with Gasteiger partial charge in [-0.3, -0.25) is 4.79 Å². The van der Waals surface area contributed by atoms with Crippen LogP contribution in [0.5, 0.6) is 0 Å². The topological polar surface area (TPSA) is 65.2 Å². The highest BCUT2D eigenvalue weighted by Gasteiger charge is 1.93. The van der Waals surface area contributed by atoms with Crippen molar-refractivity contribution in [3.8, 4) is 6.07 Å². The standard InChI is InChI=1S/C12H11N3O/c13-9-8-12(16)15-14-10-4-7-11-5-2-1-3-6-11/h1-7,10H,8H2,(H,15,16)/b7-4+,14-10+. The van der Waals surface area contributed by atoms with Gasteiger partial charge >= 0.3 is 0 Å². The summed E-state index contributed by atoms with van der Waals surface area (Å²) >= 11 is 0. The molecule has 1 N–H and O–H groups in total. The second kappa shape index (κ2) is 6.96. The van der Waals surface area contributed by atoms with E-state index in [2.05, 4.69) is 10.5 Å². The average molecular weight is 213 g/mol. The summed E-state index contributed by atoms with van der Waals surface area (Å²) in [5, 5.41) is 11.9. The molecular weight excluding hydrogens is 202 g/mol. The third-order valence-corrected chi connectivity index (χ3v) is 1.68. The maximum atomic E-state index is 10.8. The monoisotopic (exact) mass is 213 g/mol. The molecule has 0 saturated heterocycles. The van der Waals surface area contributed by atoms with Crippen LogP contribution in [-0.4, -0.2) is 12.1 Å². The van der Waals surface area contributed by atoms with Crippen molar-refractivity contribution in [2.75, 3.05) is 0 Å². The van der Waals surface area contributed by atoms with E-state index < -0.39 is 5.91 Å². The molecule has 4 nitrogen and oxygen atoms in total. The van der Waals surface area contributed by atoms with Crippen LogP contribution >= 0.6 is 0 Å². The SMILES string of the molecule is N#CCC(=O)N/N=C/C=C/c1ccccc1. The first-order chi connectivity index (χ1) is 7.83. The zero-order valence-electron chi connectivity index (χ0n) is 8.63. The average Bonchev–Trinajstić information content (AvgIpc) is 2.30. The second-order valence-corrected chi connectivity index (χ2v) is 2.92. The van der Waals surface area contributed by atoms with Crippen molar-refractivity contribution in [1.29, 1.82) is 5.26 Å². The van der Waals surface area contributed by atoms with Gasteiger partial charge in [0.05, 0.1) is 6.07 Å². The number of carbonyl (C=O) groups is 1.